The Bertz CT molecular complexity index is 233. The highest BCUT2D eigenvalue weighted by Crippen LogP contribution is 2.29. The quantitative estimate of drug-likeness (QED) is 0.737. The van der Waals surface area contributed by atoms with Gasteiger partial charge in [-0.25, -0.2) is 0 Å². The largest absolute Gasteiger partial charge is 0.287 e. The van der Waals surface area contributed by atoms with E-state index >= 15 is 0 Å². The van der Waals surface area contributed by atoms with E-state index in [1.54, 1.807) is 0 Å². The molecule has 0 saturated heterocycles. The molecule has 1 rings (SSSR count). The zero-order chi connectivity index (χ0) is 11.5. The minimum atomic E-state index is -0.131. The van der Waals surface area contributed by atoms with Crippen molar-refractivity contribution in [3.05, 3.63) is 0 Å². The number of nitriles is 1. The normalized spacial score (nSPS) is 21.3. The summed E-state index contributed by atoms with van der Waals surface area (Å²) in [5.74, 6) is 0. The fourth-order valence-electron chi connectivity index (χ4n) is 2.43. The molecule has 1 fully saturated rings. The van der Waals surface area contributed by atoms with Crippen LogP contribution in [0.25, 0.3) is 0 Å². The third-order valence-electron chi connectivity index (χ3n) is 3.33. The highest BCUT2D eigenvalue weighted by Gasteiger charge is 2.33. The van der Waals surface area contributed by atoms with Gasteiger partial charge in [0.1, 0.15) is 6.04 Å². The lowest BCUT2D eigenvalue weighted by Crippen LogP contribution is -2.48. The lowest BCUT2D eigenvalue weighted by atomic mass is 9.92. The van der Waals surface area contributed by atoms with Crippen molar-refractivity contribution in [3.63, 3.8) is 0 Å². The summed E-state index contributed by atoms with van der Waals surface area (Å²) in [6, 6.07) is 2.97. The first-order chi connectivity index (χ1) is 6.96. The third-order valence-corrected chi connectivity index (χ3v) is 3.76. The van der Waals surface area contributed by atoms with Crippen LogP contribution in [-0.2, 0) is 0 Å². The van der Waals surface area contributed by atoms with E-state index in [4.69, 9.17) is 0 Å². The molecule has 1 unspecified atom stereocenters. The molecule has 1 saturated carbocycles. The summed E-state index contributed by atoms with van der Waals surface area (Å²) >= 11 is 3.61. The molecule has 0 aromatic heterocycles. The Morgan fingerprint density at radius 1 is 1.33 bits per heavy atom. The number of nitrogens with zero attached hydrogens (tertiary/aromatic N) is 2. The number of rotatable bonds is 3. The molecule has 15 heavy (non-hydrogen) atoms. The van der Waals surface area contributed by atoms with Crippen molar-refractivity contribution < 1.29 is 0 Å². The highest BCUT2D eigenvalue weighted by atomic mass is 79.9. The van der Waals surface area contributed by atoms with Crippen LogP contribution in [0.2, 0.25) is 0 Å². The van der Waals surface area contributed by atoms with Gasteiger partial charge in [-0.05, 0) is 33.7 Å². The second-order valence-corrected chi connectivity index (χ2v) is 7.10. The Balaban J connectivity index is 2.64. The van der Waals surface area contributed by atoms with Crippen LogP contribution in [0, 0.1) is 11.3 Å². The van der Waals surface area contributed by atoms with Gasteiger partial charge in [-0.3, -0.25) is 4.90 Å². The van der Waals surface area contributed by atoms with Gasteiger partial charge in [-0.2, -0.15) is 5.26 Å². The van der Waals surface area contributed by atoms with E-state index in [2.05, 4.69) is 47.8 Å². The maximum atomic E-state index is 9.24. The molecule has 3 heteroatoms. The van der Waals surface area contributed by atoms with Crippen LogP contribution < -0.4 is 0 Å². The summed E-state index contributed by atoms with van der Waals surface area (Å²) in [5.41, 5.74) is 0. The van der Waals surface area contributed by atoms with Gasteiger partial charge < -0.3 is 0 Å². The fourth-order valence-corrected chi connectivity index (χ4v) is 2.85. The van der Waals surface area contributed by atoms with Gasteiger partial charge in [-0.1, -0.05) is 35.2 Å². The molecule has 0 N–H and O–H groups in total. The van der Waals surface area contributed by atoms with Crippen molar-refractivity contribution in [1.29, 1.82) is 5.26 Å². The van der Waals surface area contributed by atoms with Crippen LogP contribution in [0.5, 0.6) is 0 Å². The molecule has 1 atom stereocenters. The second kappa shape index (κ2) is 5.32. The van der Waals surface area contributed by atoms with Crippen LogP contribution >= 0.6 is 15.9 Å². The molecule has 86 valence electrons. The van der Waals surface area contributed by atoms with Crippen LogP contribution in [0.4, 0.5) is 0 Å². The third kappa shape index (κ3) is 3.46. The minimum Gasteiger partial charge on any atom is -0.287 e. The molecule has 2 nitrogen and oxygen atoms in total. The lowest BCUT2D eigenvalue weighted by molar-refractivity contribution is 0.149. The standard InChI is InChI=1S/C12H21BrN2/c1-12(2,13)11(9-14)15(3)10-7-5-4-6-8-10/h10-11H,4-8H2,1-3H3. The molecule has 1 aliphatic carbocycles. The summed E-state index contributed by atoms with van der Waals surface area (Å²) in [6.45, 7) is 4.14. The van der Waals surface area contributed by atoms with Crippen LogP contribution in [0.15, 0.2) is 0 Å². The van der Waals surface area contributed by atoms with Crippen molar-refractivity contribution >= 4 is 15.9 Å². The second-order valence-electron chi connectivity index (χ2n) is 5.05. The predicted molar refractivity (Wildman–Crippen MR) is 67.0 cm³/mol. The first-order valence-corrected chi connectivity index (χ1v) is 6.56. The van der Waals surface area contributed by atoms with Crippen LogP contribution in [0.3, 0.4) is 0 Å². The molecule has 0 aromatic rings. The molecule has 0 bridgehead atoms. The van der Waals surface area contributed by atoms with E-state index < -0.39 is 0 Å². The lowest BCUT2D eigenvalue weighted by Gasteiger charge is -2.38. The number of hydrogen-bond donors (Lipinski definition) is 0. The number of alkyl halides is 1. The Morgan fingerprint density at radius 2 is 1.87 bits per heavy atom. The maximum absolute atomic E-state index is 9.24. The smallest absolute Gasteiger partial charge is 0.113 e. The van der Waals surface area contributed by atoms with E-state index in [0.29, 0.717) is 6.04 Å². The molecular formula is C12H21BrN2. The van der Waals surface area contributed by atoms with E-state index in [0.717, 1.165) is 0 Å². The van der Waals surface area contributed by atoms with Crippen molar-refractivity contribution in [1.82, 2.24) is 4.90 Å². The first kappa shape index (κ1) is 13.0. The molecule has 0 aliphatic heterocycles. The van der Waals surface area contributed by atoms with Gasteiger partial charge in [0.05, 0.1) is 6.07 Å². The summed E-state index contributed by atoms with van der Waals surface area (Å²) in [7, 11) is 2.09. The van der Waals surface area contributed by atoms with E-state index in [-0.39, 0.29) is 10.4 Å². The number of hydrogen-bond acceptors (Lipinski definition) is 2. The van der Waals surface area contributed by atoms with Crippen LogP contribution in [0.1, 0.15) is 46.0 Å². The summed E-state index contributed by atoms with van der Waals surface area (Å²) in [5, 5.41) is 9.24. The molecule has 0 spiro atoms. The molecule has 0 amide bonds. The zero-order valence-electron chi connectivity index (χ0n) is 9.96. The fraction of sp³-hybridized carbons (Fsp3) is 0.917. The van der Waals surface area contributed by atoms with Crippen molar-refractivity contribution in [2.24, 2.45) is 0 Å². The summed E-state index contributed by atoms with van der Waals surface area (Å²) in [6.07, 6.45) is 6.49. The minimum absolute atomic E-state index is 0.0411. The van der Waals surface area contributed by atoms with E-state index in [1.807, 2.05) is 0 Å². The molecule has 0 heterocycles. The van der Waals surface area contributed by atoms with Gasteiger partial charge >= 0.3 is 0 Å². The predicted octanol–water partition coefficient (Wildman–Crippen LogP) is 3.32. The Labute approximate surface area is 102 Å². The Hall–Kier alpha value is -0.0700. The topological polar surface area (TPSA) is 27.0 Å². The van der Waals surface area contributed by atoms with Gasteiger partial charge in [0.2, 0.25) is 0 Å². The van der Waals surface area contributed by atoms with Gasteiger partial charge in [0.25, 0.3) is 0 Å². The van der Waals surface area contributed by atoms with E-state index in [9.17, 15) is 5.26 Å². The first-order valence-electron chi connectivity index (χ1n) is 5.77. The average Bonchev–Trinajstić information content (AvgIpc) is 2.18. The SMILES string of the molecule is CN(C1CCCCC1)C(C#N)C(C)(C)Br. The monoisotopic (exact) mass is 272 g/mol. The molecule has 0 aromatic carbocycles. The molecule has 0 radical (unpaired) electrons. The van der Waals surface area contributed by atoms with Gasteiger partial charge in [0.15, 0.2) is 0 Å². The average molecular weight is 273 g/mol. The Kier molecular flexibility index (Phi) is 4.61. The molecular weight excluding hydrogens is 252 g/mol. The van der Waals surface area contributed by atoms with Gasteiger partial charge in [0, 0.05) is 10.4 Å². The molecule has 1 aliphatic rings. The summed E-state index contributed by atoms with van der Waals surface area (Å²) in [4.78, 5) is 2.26. The van der Waals surface area contributed by atoms with Crippen LogP contribution in [-0.4, -0.2) is 28.4 Å². The highest BCUT2D eigenvalue weighted by molar-refractivity contribution is 9.10. The number of halogens is 1. The maximum Gasteiger partial charge on any atom is 0.113 e. The van der Waals surface area contributed by atoms with Crippen molar-refractivity contribution in [3.8, 4) is 6.07 Å². The van der Waals surface area contributed by atoms with Crippen molar-refractivity contribution in [2.75, 3.05) is 7.05 Å². The summed E-state index contributed by atoms with van der Waals surface area (Å²) < 4.78 is -0.131. The van der Waals surface area contributed by atoms with Crippen molar-refractivity contribution in [2.45, 2.75) is 62.4 Å². The Morgan fingerprint density at radius 3 is 2.27 bits per heavy atom. The van der Waals surface area contributed by atoms with E-state index in [1.165, 1.54) is 32.1 Å². The zero-order valence-corrected chi connectivity index (χ0v) is 11.5. The van der Waals surface area contributed by atoms with Gasteiger partial charge in [-0.15, -0.1) is 0 Å².